The van der Waals surface area contributed by atoms with E-state index in [1.165, 1.54) is 4.90 Å². The third kappa shape index (κ3) is 10.7. The van der Waals surface area contributed by atoms with Gasteiger partial charge in [-0.3, -0.25) is 4.90 Å². The zero-order valence-electron chi connectivity index (χ0n) is 15.9. The molecule has 0 radical (unpaired) electrons. The van der Waals surface area contributed by atoms with Gasteiger partial charge in [-0.1, -0.05) is 0 Å². The summed E-state index contributed by atoms with van der Waals surface area (Å²) in [5.74, 6) is 0. The first-order chi connectivity index (χ1) is 10.9. The van der Waals surface area contributed by atoms with Crippen LogP contribution in [0.25, 0.3) is 0 Å². The smallest absolute Gasteiger partial charge is 0.411 e. The molecule has 1 N–H and O–H groups in total. The van der Waals surface area contributed by atoms with Crippen LogP contribution >= 0.6 is 0 Å². The van der Waals surface area contributed by atoms with E-state index in [0.29, 0.717) is 25.9 Å². The number of hydrogen-bond acceptors (Lipinski definition) is 5. The average molecular weight is 341 g/mol. The molecule has 2 amide bonds. The highest BCUT2D eigenvalue weighted by molar-refractivity contribution is 5.69. The van der Waals surface area contributed by atoms with Crippen molar-refractivity contribution in [2.75, 3.05) is 13.1 Å². The second kappa shape index (κ2) is 9.36. The molecule has 0 aromatic carbocycles. The number of alkyl carbamates (subject to hydrolysis) is 1. The number of carbonyl (C=O) groups is 2. The van der Waals surface area contributed by atoms with Gasteiger partial charge in [-0.25, -0.2) is 9.59 Å². The number of carbonyl (C=O) groups excluding carboxylic acids is 2. The number of nitrogens with zero attached hydrogens (tertiary/aromatic N) is 2. The minimum Gasteiger partial charge on any atom is -0.444 e. The summed E-state index contributed by atoms with van der Waals surface area (Å²) in [6.07, 6.45) is 0.339. The minimum absolute atomic E-state index is 0.389. The van der Waals surface area contributed by atoms with Crippen LogP contribution in [0.5, 0.6) is 0 Å². The summed E-state index contributed by atoms with van der Waals surface area (Å²) in [6, 6.07) is 1.48. The standard InChI is InChI=1S/C17H31N3O4/c1-13(12-18)20(15(22)24-17(5,6)7)11-9-8-10-19-14(21)23-16(2,3)4/h13H,8-11H2,1-7H3,(H,19,21). The molecule has 0 rings (SSSR count). The first-order valence-corrected chi connectivity index (χ1v) is 8.22. The van der Waals surface area contributed by atoms with Crippen LogP contribution in [0.4, 0.5) is 9.59 Å². The highest BCUT2D eigenvalue weighted by Crippen LogP contribution is 2.13. The van der Waals surface area contributed by atoms with Gasteiger partial charge in [0.15, 0.2) is 0 Å². The molecule has 0 fully saturated rings. The van der Waals surface area contributed by atoms with Gasteiger partial charge in [0.2, 0.25) is 0 Å². The van der Waals surface area contributed by atoms with Crippen molar-refractivity contribution in [2.24, 2.45) is 0 Å². The van der Waals surface area contributed by atoms with E-state index < -0.39 is 29.4 Å². The fourth-order valence-corrected chi connectivity index (χ4v) is 1.75. The molecule has 0 heterocycles. The van der Waals surface area contributed by atoms with Gasteiger partial charge >= 0.3 is 12.2 Å². The van der Waals surface area contributed by atoms with Crippen LogP contribution in [0.15, 0.2) is 0 Å². The van der Waals surface area contributed by atoms with Gasteiger partial charge in [-0.2, -0.15) is 5.26 Å². The summed E-state index contributed by atoms with van der Waals surface area (Å²) in [5, 5.41) is 11.7. The predicted molar refractivity (Wildman–Crippen MR) is 91.5 cm³/mol. The van der Waals surface area contributed by atoms with Crippen molar-refractivity contribution >= 4 is 12.2 Å². The van der Waals surface area contributed by atoms with Gasteiger partial charge in [0.05, 0.1) is 6.07 Å². The fourth-order valence-electron chi connectivity index (χ4n) is 1.75. The Bertz CT molecular complexity index is 458. The third-order valence-corrected chi connectivity index (χ3v) is 2.78. The highest BCUT2D eigenvalue weighted by atomic mass is 16.6. The number of nitrogens with one attached hydrogen (secondary N) is 1. The lowest BCUT2D eigenvalue weighted by atomic mass is 10.2. The van der Waals surface area contributed by atoms with Gasteiger partial charge in [-0.05, 0) is 61.3 Å². The van der Waals surface area contributed by atoms with Crippen molar-refractivity contribution in [3.8, 4) is 6.07 Å². The van der Waals surface area contributed by atoms with Gasteiger partial charge in [0, 0.05) is 13.1 Å². The molecule has 0 aromatic heterocycles. The number of nitriles is 1. The molecule has 24 heavy (non-hydrogen) atoms. The summed E-state index contributed by atoms with van der Waals surface area (Å²) in [7, 11) is 0. The molecule has 7 nitrogen and oxygen atoms in total. The van der Waals surface area contributed by atoms with Crippen molar-refractivity contribution < 1.29 is 19.1 Å². The largest absolute Gasteiger partial charge is 0.444 e. The minimum atomic E-state index is -0.608. The van der Waals surface area contributed by atoms with Crippen LogP contribution in [0.2, 0.25) is 0 Å². The summed E-state index contributed by atoms with van der Waals surface area (Å²) < 4.78 is 10.5. The van der Waals surface area contributed by atoms with Crippen molar-refractivity contribution in [3.63, 3.8) is 0 Å². The molecule has 0 aliphatic rings. The lowest BCUT2D eigenvalue weighted by molar-refractivity contribution is 0.0212. The molecule has 0 aliphatic carbocycles. The summed E-state index contributed by atoms with van der Waals surface area (Å²) >= 11 is 0. The van der Waals surface area contributed by atoms with Crippen LogP contribution < -0.4 is 5.32 Å². The van der Waals surface area contributed by atoms with E-state index in [0.717, 1.165) is 0 Å². The first kappa shape index (κ1) is 22.0. The molecule has 0 saturated carbocycles. The molecule has 0 bridgehead atoms. The predicted octanol–water partition coefficient (Wildman–Crippen LogP) is 3.44. The van der Waals surface area contributed by atoms with Gasteiger partial charge in [0.1, 0.15) is 17.2 Å². The number of rotatable bonds is 6. The molecular formula is C17H31N3O4. The van der Waals surface area contributed by atoms with Crippen LogP contribution in [-0.4, -0.2) is 47.4 Å². The Morgan fingerprint density at radius 2 is 1.62 bits per heavy atom. The van der Waals surface area contributed by atoms with E-state index >= 15 is 0 Å². The van der Waals surface area contributed by atoms with Gasteiger partial charge in [0.25, 0.3) is 0 Å². The maximum absolute atomic E-state index is 12.2. The van der Waals surface area contributed by atoms with E-state index in [1.54, 1.807) is 48.5 Å². The molecule has 0 spiro atoms. The summed E-state index contributed by atoms with van der Waals surface area (Å²) in [4.78, 5) is 25.1. The normalized spacial score (nSPS) is 12.8. The van der Waals surface area contributed by atoms with E-state index in [9.17, 15) is 9.59 Å². The highest BCUT2D eigenvalue weighted by Gasteiger charge is 2.25. The third-order valence-electron chi connectivity index (χ3n) is 2.78. The quantitative estimate of drug-likeness (QED) is 0.747. The molecule has 0 aromatic rings. The topological polar surface area (TPSA) is 91.7 Å². The van der Waals surface area contributed by atoms with E-state index in [2.05, 4.69) is 11.4 Å². The monoisotopic (exact) mass is 341 g/mol. The number of unbranched alkanes of at least 4 members (excludes halogenated alkanes) is 1. The van der Waals surface area contributed by atoms with Crippen molar-refractivity contribution in [1.29, 1.82) is 5.26 Å². The SMILES string of the molecule is CC(C#N)N(CCCCNC(=O)OC(C)(C)C)C(=O)OC(C)(C)C. The molecule has 0 aliphatic heterocycles. The second-order valence-electron chi connectivity index (χ2n) is 7.61. The number of hydrogen-bond donors (Lipinski definition) is 1. The van der Waals surface area contributed by atoms with Crippen molar-refractivity contribution in [2.45, 2.75) is 78.6 Å². The van der Waals surface area contributed by atoms with Gasteiger partial charge in [-0.15, -0.1) is 0 Å². The molecule has 0 saturated heterocycles. The Balaban J connectivity index is 4.29. The maximum Gasteiger partial charge on any atom is 0.411 e. The van der Waals surface area contributed by atoms with Crippen LogP contribution in [-0.2, 0) is 9.47 Å². The Morgan fingerprint density at radius 1 is 1.08 bits per heavy atom. The van der Waals surface area contributed by atoms with Crippen molar-refractivity contribution in [3.05, 3.63) is 0 Å². The molecular weight excluding hydrogens is 310 g/mol. The van der Waals surface area contributed by atoms with Crippen LogP contribution in [0.1, 0.15) is 61.3 Å². The van der Waals surface area contributed by atoms with E-state index in [4.69, 9.17) is 14.7 Å². The Labute approximate surface area is 145 Å². The fraction of sp³-hybridized carbons (Fsp3) is 0.824. The second-order valence-corrected chi connectivity index (χ2v) is 7.61. The number of amides is 2. The number of ether oxygens (including phenoxy) is 2. The van der Waals surface area contributed by atoms with E-state index in [1.807, 2.05) is 0 Å². The Morgan fingerprint density at radius 3 is 2.08 bits per heavy atom. The zero-order chi connectivity index (χ0) is 19.0. The van der Waals surface area contributed by atoms with Crippen LogP contribution in [0, 0.1) is 11.3 Å². The summed E-state index contributed by atoms with van der Waals surface area (Å²) in [6.45, 7) is 13.2. The molecule has 1 atom stereocenters. The van der Waals surface area contributed by atoms with Crippen LogP contribution in [0.3, 0.4) is 0 Å². The van der Waals surface area contributed by atoms with Gasteiger partial charge < -0.3 is 14.8 Å². The molecule has 7 heteroatoms. The molecule has 1 unspecified atom stereocenters. The maximum atomic E-state index is 12.2. The average Bonchev–Trinajstić information content (AvgIpc) is 2.37. The van der Waals surface area contributed by atoms with Crippen molar-refractivity contribution in [1.82, 2.24) is 10.2 Å². The lowest BCUT2D eigenvalue weighted by Crippen LogP contribution is -2.42. The Kier molecular flexibility index (Phi) is 8.59. The Hall–Kier alpha value is -1.97. The molecule has 138 valence electrons. The first-order valence-electron chi connectivity index (χ1n) is 8.22. The summed E-state index contributed by atoms with van der Waals surface area (Å²) in [5.41, 5.74) is -1.14. The lowest BCUT2D eigenvalue weighted by Gasteiger charge is -2.28. The zero-order valence-corrected chi connectivity index (χ0v) is 15.9. The van der Waals surface area contributed by atoms with E-state index in [-0.39, 0.29) is 0 Å².